The lowest BCUT2D eigenvalue weighted by Gasteiger charge is -2.12. The molecule has 0 aliphatic rings. The highest BCUT2D eigenvalue weighted by atomic mass is 16.1. The minimum absolute atomic E-state index is 0.135. The van der Waals surface area contributed by atoms with Crippen molar-refractivity contribution >= 4 is 11.6 Å². The predicted molar refractivity (Wildman–Crippen MR) is 114 cm³/mol. The van der Waals surface area contributed by atoms with Crippen LogP contribution in [0.4, 0.5) is 5.69 Å². The normalized spacial score (nSPS) is 10.7. The van der Waals surface area contributed by atoms with Gasteiger partial charge in [-0.25, -0.2) is 4.98 Å². The van der Waals surface area contributed by atoms with E-state index in [1.807, 2.05) is 37.3 Å². The number of anilines is 1. The topological polar surface area (TPSA) is 99.8 Å². The van der Waals surface area contributed by atoms with Gasteiger partial charge in [-0.1, -0.05) is 25.1 Å². The standard InChI is InChI=1S/C22H25N5O2/c1-3-23-13-16-7-4-5-9-19(16)26-20(28)11-10-18-15(2)25-21(27-22(18)29)17-8-6-12-24-14-17/h4-9,12,14,23H,3,10-11,13H2,1-2H3,(H,26,28)(H,25,27,29). The number of carbonyl (C=O) groups is 1. The van der Waals surface area contributed by atoms with Crippen LogP contribution in [0.3, 0.4) is 0 Å². The van der Waals surface area contributed by atoms with Crippen molar-refractivity contribution in [1.82, 2.24) is 20.3 Å². The van der Waals surface area contributed by atoms with Crippen molar-refractivity contribution in [2.24, 2.45) is 0 Å². The first-order valence-electron chi connectivity index (χ1n) is 9.67. The summed E-state index contributed by atoms with van der Waals surface area (Å²) in [5.41, 5.74) is 3.47. The second-order valence-electron chi connectivity index (χ2n) is 6.71. The Morgan fingerprint density at radius 2 is 2.00 bits per heavy atom. The number of amides is 1. The van der Waals surface area contributed by atoms with Gasteiger partial charge in [-0.2, -0.15) is 0 Å². The summed E-state index contributed by atoms with van der Waals surface area (Å²) in [6.07, 6.45) is 3.84. The van der Waals surface area contributed by atoms with E-state index < -0.39 is 0 Å². The number of benzene rings is 1. The Balaban J connectivity index is 1.67. The third-order valence-corrected chi connectivity index (χ3v) is 4.62. The number of hydrogen-bond donors (Lipinski definition) is 3. The first-order valence-corrected chi connectivity index (χ1v) is 9.67. The Kier molecular flexibility index (Phi) is 6.86. The molecule has 0 saturated heterocycles. The van der Waals surface area contributed by atoms with E-state index in [9.17, 15) is 9.59 Å². The van der Waals surface area contributed by atoms with Crippen LogP contribution in [0.25, 0.3) is 11.4 Å². The summed E-state index contributed by atoms with van der Waals surface area (Å²) in [5, 5.41) is 6.21. The van der Waals surface area contributed by atoms with E-state index in [0.717, 1.165) is 23.4 Å². The quantitative estimate of drug-likeness (QED) is 0.548. The Labute approximate surface area is 169 Å². The first kappa shape index (κ1) is 20.4. The van der Waals surface area contributed by atoms with Gasteiger partial charge in [0, 0.05) is 47.9 Å². The Morgan fingerprint density at radius 1 is 1.17 bits per heavy atom. The molecule has 3 aromatic rings. The van der Waals surface area contributed by atoms with Gasteiger partial charge in [-0.15, -0.1) is 0 Å². The van der Waals surface area contributed by atoms with Gasteiger partial charge in [-0.3, -0.25) is 14.6 Å². The Hall–Kier alpha value is -3.32. The van der Waals surface area contributed by atoms with Crippen LogP contribution in [-0.4, -0.2) is 27.4 Å². The third kappa shape index (κ3) is 5.36. The van der Waals surface area contributed by atoms with Gasteiger partial charge < -0.3 is 15.6 Å². The van der Waals surface area contributed by atoms with Crippen LogP contribution in [0.15, 0.2) is 53.6 Å². The van der Waals surface area contributed by atoms with Crippen molar-refractivity contribution in [1.29, 1.82) is 0 Å². The van der Waals surface area contributed by atoms with Gasteiger partial charge in [0.05, 0.1) is 0 Å². The highest BCUT2D eigenvalue weighted by Gasteiger charge is 2.13. The zero-order valence-electron chi connectivity index (χ0n) is 16.7. The van der Waals surface area contributed by atoms with Crippen LogP contribution < -0.4 is 16.2 Å². The van der Waals surface area contributed by atoms with Gasteiger partial charge in [0.1, 0.15) is 5.82 Å². The first-order chi connectivity index (χ1) is 14.1. The van der Waals surface area contributed by atoms with E-state index in [0.29, 0.717) is 30.0 Å². The van der Waals surface area contributed by atoms with Crippen LogP contribution >= 0.6 is 0 Å². The van der Waals surface area contributed by atoms with E-state index in [-0.39, 0.29) is 17.9 Å². The number of pyridine rings is 1. The summed E-state index contributed by atoms with van der Waals surface area (Å²) >= 11 is 0. The molecule has 0 atom stereocenters. The lowest BCUT2D eigenvalue weighted by Crippen LogP contribution is -2.21. The van der Waals surface area contributed by atoms with Gasteiger partial charge in [-0.05, 0) is 43.7 Å². The second-order valence-corrected chi connectivity index (χ2v) is 6.71. The molecule has 0 aliphatic heterocycles. The van der Waals surface area contributed by atoms with Crippen LogP contribution in [0.1, 0.15) is 30.2 Å². The van der Waals surface area contributed by atoms with Gasteiger partial charge >= 0.3 is 0 Å². The minimum Gasteiger partial charge on any atom is -0.326 e. The van der Waals surface area contributed by atoms with E-state index in [1.165, 1.54) is 0 Å². The molecule has 0 aliphatic carbocycles. The van der Waals surface area contributed by atoms with E-state index >= 15 is 0 Å². The number of H-pyrrole nitrogens is 1. The zero-order valence-corrected chi connectivity index (χ0v) is 16.7. The van der Waals surface area contributed by atoms with Gasteiger partial charge in [0.2, 0.25) is 5.91 Å². The van der Waals surface area contributed by atoms with Crippen molar-refractivity contribution in [3.8, 4) is 11.4 Å². The molecule has 150 valence electrons. The lowest BCUT2D eigenvalue weighted by molar-refractivity contribution is -0.116. The molecular formula is C22H25N5O2. The Bertz CT molecular complexity index is 1030. The van der Waals surface area contributed by atoms with E-state index in [1.54, 1.807) is 25.4 Å². The molecule has 2 heterocycles. The SMILES string of the molecule is CCNCc1ccccc1NC(=O)CCc1c(C)nc(-c2cccnc2)[nH]c1=O. The number of aromatic nitrogens is 3. The molecule has 0 spiro atoms. The predicted octanol–water partition coefficient (Wildman–Crippen LogP) is 2.82. The average Bonchev–Trinajstić information content (AvgIpc) is 2.73. The molecule has 0 bridgehead atoms. The van der Waals surface area contributed by atoms with Crippen molar-refractivity contribution in [2.45, 2.75) is 33.2 Å². The molecule has 0 unspecified atom stereocenters. The summed E-state index contributed by atoms with van der Waals surface area (Å²) in [6, 6.07) is 11.3. The molecule has 3 N–H and O–H groups in total. The number of aryl methyl sites for hydroxylation is 1. The van der Waals surface area contributed by atoms with Crippen molar-refractivity contribution in [2.75, 3.05) is 11.9 Å². The maximum Gasteiger partial charge on any atom is 0.254 e. The van der Waals surface area contributed by atoms with E-state index in [4.69, 9.17) is 0 Å². The molecule has 3 rings (SSSR count). The van der Waals surface area contributed by atoms with Crippen molar-refractivity contribution in [3.05, 3.63) is 76.0 Å². The lowest BCUT2D eigenvalue weighted by atomic mass is 10.1. The molecule has 1 aromatic carbocycles. The van der Waals surface area contributed by atoms with Crippen LogP contribution in [-0.2, 0) is 17.8 Å². The molecule has 29 heavy (non-hydrogen) atoms. The fourth-order valence-corrected chi connectivity index (χ4v) is 3.05. The number of para-hydroxylation sites is 1. The number of rotatable bonds is 8. The van der Waals surface area contributed by atoms with Crippen molar-refractivity contribution in [3.63, 3.8) is 0 Å². The average molecular weight is 391 g/mol. The summed E-state index contributed by atoms with van der Waals surface area (Å²) in [4.78, 5) is 36.3. The molecule has 7 nitrogen and oxygen atoms in total. The zero-order chi connectivity index (χ0) is 20.6. The fraction of sp³-hybridized carbons (Fsp3) is 0.273. The minimum atomic E-state index is -0.225. The Morgan fingerprint density at radius 3 is 2.72 bits per heavy atom. The molecule has 0 saturated carbocycles. The summed E-state index contributed by atoms with van der Waals surface area (Å²) in [7, 11) is 0. The smallest absolute Gasteiger partial charge is 0.254 e. The second kappa shape index (κ2) is 9.75. The van der Waals surface area contributed by atoms with Gasteiger partial charge in [0.25, 0.3) is 5.56 Å². The molecular weight excluding hydrogens is 366 g/mol. The number of carbonyl (C=O) groups excluding carboxylic acids is 1. The number of nitrogens with zero attached hydrogens (tertiary/aromatic N) is 2. The highest BCUT2D eigenvalue weighted by Crippen LogP contribution is 2.16. The molecule has 0 radical (unpaired) electrons. The van der Waals surface area contributed by atoms with E-state index in [2.05, 4.69) is 25.6 Å². The molecule has 7 heteroatoms. The number of hydrogen-bond acceptors (Lipinski definition) is 5. The maximum atomic E-state index is 12.5. The van der Waals surface area contributed by atoms with Crippen LogP contribution in [0, 0.1) is 6.92 Å². The number of aromatic amines is 1. The number of nitrogens with one attached hydrogen (secondary N) is 3. The monoisotopic (exact) mass is 391 g/mol. The van der Waals surface area contributed by atoms with Crippen molar-refractivity contribution < 1.29 is 4.79 Å². The van der Waals surface area contributed by atoms with Gasteiger partial charge in [0.15, 0.2) is 0 Å². The summed E-state index contributed by atoms with van der Waals surface area (Å²) in [5.74, 6) is 0.343. The molecule has 1 amide bonds. The molecule has 2 aromatic heterocycles. The fourth-order valence-electron chi connectivity index (χ4n) is 3.05. The summed E-state index contributed by atoms with van der Waals surface area (Å²) in [6.45, 7) is 5.36. The maximum absolute atomic E-state index is 12.5. The highest BCUT2D eigenvalue weighted by molar-refractivity contribution is 5.91. The van der Waals surface area contributed by atoms with Crippen LogP contribution in [0.5, 0.6) is 0 Å². The largest absolute Gasteiger partial charge is 0.326 e. The summed E-state index contributed by atoms with van der Waals surface area (Å²) < 4.78 is 0. The third-order valence-electron chi connectivity index (χ3n) is 4.62. The van der Waals surface area contributed by atoms with Crippen LogP contribution in [0.2, 0.25) is 0 Å². The molecule has 0 fully saturated rings.